The molecule has 2 rings (SSSR count). The maximum Gasteiger partial charge on any atom is 0.135 e. The Morgan fingerprint density at radius 2 is 1.93 bits per heavy atom. The molecule has 0 saturated heterocycles. The summed E-state index contributed by atoms with van der Waals surface area (Å²) in [4.78, 5) is 0. The summed E-state index contributed by atoms with van der Waals surface area (Å²) in [6.07, 6.45) is 2.53. The Hall–Kier alpha value is -1.71. The number of rotatable bonds is 1. The summed E-state index contributed by atoms with van der Waals surface area (Å²) in [5.41, 5.74) is 0.310. The monoisotopic (exact) mass is 193 g/mol. The molecule has 0 aliphatic heterocycles. The highest BCUT2D eigenvalue weighted by Crippen LogP contribution is 2.24. The van der Waals surface area contributed by atoms with Crippen LogP contribution in [0.5, 0.6) is 0 Å². The quantitative estimate of drug-likeness (QED) is 0.678. The molecule has 4 heteroatoms. The van der Waals surface area contributed by atoms with Crippen LogP contribution in [0.15, 0.2) is 24.3 Å². The van der Waals surface area contributed by atoms with E-state index in [4.69, 9.17) is 0 Å². The van der Waals surface area contributed by atoms with Gasteiger partial charge in [0.1, 0.15) is 17.8 Å². The van der Waals surface area contributed by atoms with Gasteiger partial charge in [-0.1, -0.05) is 6.07 Å². The van der Waals surface area contributed by atoms with E-state index in [9.17, 15) is 8.78 Å². The Bertz CT molecular complexity index is 443. The lowest BCUT2D eigenvalue weighted by Crippen LogP contribution is -1.97. The summed E-state index contributed by atoms with van der Waals surface area (Å²) < 4.78 is 28.0. The number of aromatic nitrogens is 2. The first-order chi connectivity index (χ1) is 6.70. The third kappa shape index (κ3) is 1.28. The zero-order chi connectivity index (χ0) is 10.1. The minimum atomic E-state index is -0.595. The molecule has 2 aromatic rings. The van der Waals surface area contributed by atoms with E-state index in [-0.39, 0.29) is 5.56 Å². The predicted octanol–water partition coefficient (Wildman–Crippen LogP) is 2.17. The van der Waals surface area contributed by atoms with Gasteiger partial charge in [0.05, 0.1) is 11.3 Å². The molecule has 0 saturated carbocycles. The van der Waals surface area contributed by atoms with Crippen LogP contribution in [0.3, 0.4) is 0 Å². The molecule has 0 N–H and O–H groups in total. The van der Waals surface area contributed by atoms with Crippen molar-refractivity contribution in [3.8, 4) is 11.3 Å². The molecule has 14 heavy (non-hydrogen) atoms. The molecule has 0 atom stereocenters. The van der Waals surface area contributed by atoms with Crippen LogP contribution in [0.1, 0.15) is 0 Å². The number of nitrogens with zero attached hydrogens (tertiary/aromatic N) is 2. The van der Waals surface area contributed by atoms with Crippen molar-refractivity contribution in [2.75, 3.05) is 0 Å². The van der Waals surface area contributed by atoms with E-state index in [2.05, 4.69) is 11.3 Å². The first kappa shape index (κ1) is 8.87. The molecule has 0 aliphatic carbocycles. The van der Waals surface area contributed by atoms with Crippen molar-refractivity contribution in [2.45, 2.75) is 0 Å². The molecule has 1 radical (unpaired) electrons. The van der Waals surface area contributed by atoms with E-state index in [1.54, 1.807) is 7.05 Å². The van der Waals surface area contributed by atoms with Gasteiger partial charge in [-0.2, -0.15) is 5.10 Å². The maximum absolute atomic E-state index is 13.3. The van der Waals surface area contributed by atoms with Gasteiger partial charge in [-0.3, -0.25) is 4.68 Å². The molecule has 0 amide bonds. The lowest BCUT2D eigenvalue weighted by molar-refractivity contribution is 0.585. The molecule has 0 bridgehead atoms. The summed E-state index contributed by atoms with van der Waals surface area (Å²) in [5.74, 6) is -1.19. The summed E-state index contributed by atoms with van der Waals surface area (Å²) in [5, 5.41) is 3.73. The van der Waals surface area contributed by atoms with Gasteiger partial charge in [-0.15, -0.1) is 0 Å². The van der Waals surface area contributed by atoms with Crippen LogP contribution < -0.4 is 0 Å². The third-order valence-electron chi connectivity index (χ3n) is 1.98. The average Bonchev–Trinajstić information content (AvgIpc) is 2.52. The molecular formula is C10H7F2N2. The number of halogens is 2. The maximum atomic E-state index is 13.3. The molecule has 1 heterocycles. The van der Waals surface area contributed by atoms with Crippen LogP contribution in [0.4, 0.5) is 8.78 Å². The molecule has 1 aromatic heterocycles. The van der Waals surface area contributed by atoms with E-state index >= 15 is 0 Å². The van der Waals surface area contributed by atoms with Crippen molar-refractivity contribution in [1.29, 1.82) is 0 Å². The number of hydrogen-bond acceptors (Lipinski definition) is 1. The minimum Gasteiger partial charge on any atom is -0.267 e. The summed E-state index contributed by atoms with van der Waals surface area (Å²) in [6.45, 7) is 0. The lowest BCUT2D eigenvalue weighted by Gasteiger charge is -2.04. The molecule has 0 fully saturated rings. The van der Waals surface area contributed by atoms with E-state index < -0.39 is 11.6 Å². The van der Waals surface area contributed by atoms with Crippen LogP contribution in [0.2, 0.25) is 0 Å². The predicted molar refractivity (Wildman–Crippen MR) is 47.4 cm³/mol. The van der Waals surface area contributed by atoms with Gasteiger partial charge in [0.25, 0.3) is 0 Å². The minimum absolute atomic E-state index is 0.0660. The van der Waals surface area contributed by atoms with Crippen molar-refractivity contribution in [1.82, 2.24) is 9.78 Å². The summed E-state index contributed by atoms with van der Waals surface area (Å²) >= 11 is 0. The Labute approximate surface area is 79.8 Å². The molecular weight excluding hydrogens is 186 g/mol. The Balaban J connectivity index is 2.68. The zero-order valence-corrected chi connectivity index (χ0v) is 7.46. The first-order valence-corrected chi connectivity index (χ1v) is 4.04. The Morgan fingerprint density at radius 3 is 2.43 bits per heavy atom. The van der Waals surface area contributed by atoms with E-state index in [1.807, 2.05) is 0 Å². The zero-order valence-electron chi connectivity index (χ0n) is 7.46. The van der Waals surface area contributed by atoms with Crippen molar-refractivity contribution >= 4 is 0 Å². The molecule has 2 nitrogen and oxygen atoms in total. The van der Waals surface area contributed by atoms with Crippen molar-refractivity contribution in [3.05, 3.63) is 42.1 Å². The molecule has 0 unspecified atom stereocenters. The molecule has 71 valence electrons. The van der Waals surface area contributed by atoms with Crippen LogP contribution in [0.25, 0.3) is 11.3 Å². The molecule has 0 aliphatic rings. The number of hydrogen-bond donors (Lipinski definition) is 0. The standard InChI is InChI=1S/C10H7F2N2/c1-14-9(5-6-13-14)10-7(11)3-2-4-8(10)12/h2-5H,1H3. The average molecular weight is 193 g/mol. The van der Waals surface area contributed by atoms with Crippen LogP contribution >= 0.6 is 0 Å². The van der Waals surface area contributed by atoms with Gasteiger partial charge in [0.15, 0.2) is 0 Å². The van der Waals surface area contributed by atoms with Crippen LogP contribution in [0, 0.1) is 17.8 Å². The van der Waals surface area contributed by atoms with Crippen molar-refractivity contribution < 1.29 is 8.78 Å². The highest BCUT2D eigenvalue weighted by atomic mass is 19.1. The van der Waals surface area contributed by atoms with Gasteiger partial charge in [0, 0.05) is 7.05 Å². The van der Waals surface area contributed by atoms with Gasteiger partial charge in [0.2, 0.25) is 0 Å². The van der Waals surface area contributed by atoms with Gasteiger partial charge < -0.3 is 0 Å². The topological polar surface area (TPSA) is 17.8 Å². The van der Waals surface area contributed by atoms with Crippen molar-refractivity contribution in [2.24, 2.45) is 7.05 Å². The fourth-order valence-corrected chi connectivity index (χ4v) is 1.30. The highest BCUT2D eigenvalue weighted by Gasteiger charge is 2.13. The SMILES string of the molecule is Cn1n[c]cc1-c1c(F)cccc1F. The number of benzene rings is 1. The third-order valence-corrected chi connectivity index (χ3v) is 1.98. The Kier molecular flexibility index (Phi) is 2.04. The normalized spacial score (nSPS) is 10.5. The highest BCUT2D eigenvalue weighted by molar-refractivity contribution is 5.60. The van der Waals surface area contributed by atoms with Crippen molar-refractivity contribution in [3.63, 3.8) is 0 Å². The first-order valence-electron chi connectivity index (χ1n) is 4.04. The van der Waals surface area contributed by atoms with Crippen LogP contribution in [-0.2, 0) is 7.05 Å². The second kappa shape index (κ2) is 3.21. The van der Waals surface area contributed by atoms with Gasteiger partial charge in [-0.05, 0) is 18.2 Å². The number of aryl methyl sites for hydroxylation is 1. The van der Waals surface area contributed by atoms with Crippen LogP contribution in [-0.4, -0.2) is 9.78 Å². The fourth-order valence-electron chi connectivity index (χ4n) is 1.30. The Morgan fingerprint density at radius 1 is 1.29 bits per heavy atom. The van der Waals surface area contributed by atoms with E-state index in [0.29, 0.717) is 5.69 Å². The van der Waals surface area contributed by atoms with Gasteiger partial charge in [-0.25, -0.2) is 8.78 Å². The largest absolute Gasteiger partial charge is 0.267 e. The lowest BCUT2D eigenvalue weighted by atomic mass is 10.1. The van der Waals surface area contributed by atoms with E-state index in [1.165, 1.54) is 28.9 Å². The fraction of sp³-hybridized carbons (Fsp3) is 0.100. The smallest absolute Gasteiger partial charge is 0.135 e. The second-order valence-electron chi connectivity index (χ2n) is 2.88. The second-order valence-corrected chi connectivity index (χ2v) is 2.88. The van der Waals surface area contributed by atoms with Gasteiger partial charge >= 0.3 is 0 Å². The molecule has 0 spiro atoms. The summed E-state index contributed by atoms with van der Waals surface area (Å²) in [6, 6.07) is 5.20. The molecule has 1 aromatic carbocycles. The van der Waals surface area contributed by atoms with E-state index in [0.717, 1.165) is 0 Å². The summed E-state index contributed by atoms with van der Waals surface area (Å²) in [7, 11) is 1.61.